The highest BCUT2D eigenvalue weighted by Gasteiger charge is 2.26. The third kappa shape index (κ3) is 4.71. The van der Waals surface area contributed by atoms with Crippen LogP contribution < -0.4 is 5.32 Å². The van der Waals surface area contributed by atoms with E-state index in [9.17, 15) is 9.90 Å². The molecule has 28 heavy (non-hydrogen) atoms. The molecule has 3 rings (SSSR count). The number of piperidine rings is 1. The number of hydrogen-bond donors (Lipinski definition) is 2. The largest absolute Gasteiger partial charge is 0.507 e. The lowest BCUT2D eigenvalue weighted by molar-refractivity contribution is -0.121. The van der Waals surface area contributed by atoms with Gasteiger partial charge in [-0.3, -0.25) is 9.69 Å². The van der Waals surface area contributed by atoms with Gasteiger partial charge in [-0.25, -0.2) is 4.98 Å². The summed E-state index contributed by atoms with van der Waals surface area (Å²) >= 11 is 0. The summed E-state index contributed by atoms with van der Waals surface area (Å²) in [5, 5.41) is 13.6. The predicted octanol–water partition coefficient (Wildman–Crippen LogP) is 4.38. The van der Waals surface area contributed by atoms with Gasteiger partial charge in [0.2, 0.25) is 5.91 Å². The number of phenols is 1. The number of aromatic nitrogens is 1. The molecule has 0 spiro atoms. The fourth-order valence-corrected chi connectivity index (χ4v) is 3.77. The van der Waals surface area contributed by atoms with E-state index < -0.39 is 0 Å². The number of nitrogens with one attached hydrogen (secondary N) is 1. The molecule has 2 N–H and O–H groups in total. The molecule has 150 valence electrons. The molecule has 2 aromatic rings. The molecule has 1 aliphatic heterocycles. The number of carbonyl (C=O) groups is 1. The Morgan fingerprint density at radius 3 is 2.54 bits per heavy atom. The van der Waals surface area contributed by atoms with Gasteiger partial charge in [0.1, 0.15) is 11.6 Å². The number of aryl methyl sites for hydroxylation is 2. The molecule has 1 saturated heterocycles. The molecular weight excluding hydrogens is 350 g/mol. The van der Waals surface area contributed by atoms with Gasteiger partial charge in [0.25, 0.3) is 0 Å². The number of hydrogen-bond acceptors (Lipinski definition) is 4. The van der Waals surface area contributed by atoms with E-state index in [4.69, 9.17) is 0 Å². The second-order valence-electron chi connectivity index (χ2n) is 8.21. The Bertz CT molecular complexity index is 822. The first kappa shape index (κ1) is 20.3. The molecule has 0 bridgehead atoms. The quantitative estimate of drug-likeness (QED) is 0.807. The van der Waals surface area contributed by atoms with Gasteiger partial charge in [-0.05, 0) is 68.5 Å². The Morgan fingerprint density at radius 2 is 1.93 bits per heavy atom. The van der Waals surface area contributed by atoms with Crippen molar-refractivity contribution in [3.8, 4) is 5.75 Å². The Kier molecular flexibility index (Phi) is 6.35. The van der Waals surface area contributed by atoms with E-state index >= 15 is 0 Å². The first-order chi connectivity index (χ1) is 13.3. The van der Waals surface area contributed by atoms with Crippen LogP contribution in [-0.4, -0.2) is 34.0 Å². The maximum absolute atomic E-state index is 12.5. The van der Waals surface area contributed by atoms with Crippen LogP contribution in [0.3, 0.4) is 0 Å². The Labute approximate surface area is 167 Å². The molecule has 1 aromatic heterocycles. The fourth-order valence-electron chi connectivity index (χ4n) is 3.77. The van der Waals surface area contributed by atoms with Crippen molar-refractivity contribution in [1.82, 2.24) is 9.88 Å². The second kappa shape index (κ2) is 8.74. The van der Waals surface area contributed by atoms with E-state index in [1.165, 1.54) is 0 Å². The number of carbonyl (C=O) groups excluding carboxylic acids is 1. The zero-order chi connectivity index (χ0) is 20.3. The molecule has 1 aromatic carbocycles. The van der Waals surface area contributed by atoms with Crippen LogP contribution in [0.15, 0.2) is 30.5 Å². The van der Waals surface area contributed by atoms with E-state index in [0.29, 0.717) is 17.5 Å². The lowest BCUT2D eigenvalue weighted by Crippen LogP contribution is -2.38. The summed E-state index contributed by atoms with van der Waals surface area (Å²) in [4.78, 5) is 19.1. The van der Waals surface area contributed by atoms with Crippen LogP contribution in [0.5, 0.6) is 5.75 Å². The van der Waals surface area contributed by atoms with Crippen LogP contribution in [0.1, 0.15) is 54.9 Å². The maximum Gasteiger partial charge on any atom is 0.228 e. The van der Waals surface area contributed by atoms with E-state index in [-0.39, 0.29) is 11.8 Å². The summed E-state index contributed by atoms with van der Waals surface area (Å²) in [6.45, 7) is 10.7. The second-order valence-corrected chi connectivity index (χ2v) is 8.21. The number of rotatable bonds is 5. The molecule has 1 fully saturated rings. The van der Waals surface area contributed by atoms with Crippen molar-refractivity contribution in [2.24, 2.45) is 5.92 Å². The Hall–Kier alpha value is -2.40. The minimum atomic E-state index is 0.0102. The molecule has 5 nitrogen and oxygen atoms in total. The lowest BCUT2D eigenvalue weighted by atomic mass is 9.93. The van der Waals surface area contributed by atoms with Crippen molar-refractivity contribution in [1.29, 1.82) is 0 Å². The molecule has 0 saturated carbocycles. The van der Waals surface area contributed by atoms with Crippen LogP contribution >= 0.6 is 0 Å². The van der Waals surface area contributed by atoms with Gasteiger partial charge < -0.3 is 10.4 Å². The topological polar surface area (TPSA) is 65.5 Å². The molecular formula is C23H31N3O2. The monoisotopic (exact) mass is 381 g/mol. The van der Waals surface area contributed by atoms with Gasteiger partial charge in [-0.15, -0.1) is 0 Å². The smallest absolute Gasteiger partial charge is 0.228 e. The Balaban J connectivity index is 1.58. The zero-order valence-electron chi connectivity index (χ0n) is 17.3. The number of nitrogens with zero attached hydrogens (tertiary/aromatic N) is 2. The van der Waals surface area contributed by atoms with Crippen LogP contribution in [0.4, 0.5) is 5.82 Å². The van der Waals surface area contributed by atoms with Crippen molar-refractivity contribution in [2.75, 3.05) is 18.4 Å². The predicted molar refractivity (Wildman–Crippen MR) is 113 cm³/mol. The van der Waals surface area contributed by atoms with E-state index in [2.05, 4.69) is 35.1 Å². The normalized spacial score (nSPS) is 15.8. The molecule has 5 heteroatoms. The highest BCUT2D eigenvalue weighted by atomic mass is 16.3. The van der Waals surface area contributed by atoms with Crippen molar-refractivity contribution in [3.63, 3.8) is 0 Å². The van der Waals surface area contributed by atoms with E-state index in [1.54, 1.807) is 6.20 Å². The summed E-state index contributed by atoms with van der Waals surface area (Å²) in [7, 11) is 0. The first-order valence-corrected chi connectivity index (χ1v) is 10.1. The molecule has 1 amide bonds. The fraction of sp³-hybridized carbons (Fsp3) is 0.478. The van der Waals surface area contributed by atoms with Gasteiger partial charge in [-0.1, -0.05) is 32.0 Å². The van der Waals surface area contributed by atoms with Gasteiger partial charge in [0, 0.05) is 24.2 Å². The highest BCUT2D eigenvalue weighted by Crippen LogP contribution is 2.33. The molecule has 0 atom stereocenters. The minimum Gasteiger partial charge on any atom is -0.507 e. The average Bonchev–Trinajstić information content (AvgIpc) is 2.67. The molecule has 0 unspecified atom stereocenters. The van der Waals surface area contributed by atoms with E-state index in [0.717, 1.165) is 54.7 Å². The highest BCUT2D eigenvalue weighted by molar-refractivity contribution is 5.91. The Morgan fingerprint density at radius 1 is 1.21 bits per heavy atom. The first-order valence-electron chi connectivity index (χ1n) is 10.1. The number of anilines is 1. The van der Waals surface area contributed by atoms with Crippen LogP contribution in [0.2, 0.25) is 0 Å². The summed E-state index contributed by atoms with van der Waals surface area (Å²) in [6, 6.07) is 7.91. The molecule has 0 aliphatic carbocycles. The number of amides is 1. The molecule has 0 radical (unpaired) electrons. The summed E-state index contributed by atoms with van der Waals surface area (Å²) < 4.78 is 0. The number of likely N-dealkylation sites (tertiary alicyclic amines) is 1. The molecule has 2 heterocycles. The summed E-state index contributed by atoms with van der Waals surface area (Å²) in [6.07, 6.45) is 3.40. The van der Waals surface area contributed by atoms with Crippen LogP contribution in [0, 0.1) is 19.8 Å². The van der Waals surface area contributed by atoms with Crippen molar-refractivity contribution in [2.45, 2.75) is 53.0 Å². The van der Waals surface area contributed by atoms with Gasteiger partial charge in [-0.2, -0.15) is 0 Å². The van der Waals surface area contributed by atoms with E-state index in [1.807, 2.05) is 32.0 Å². The lowest BCUT2D eigenvalue weighted by Gasteiger charge is -2.32. The van der Waals surface area contributed by atoms with Crippen LogP contribution in [0.25, 0.3) is 0 Å². The van der Waals surface area contributed by atoms with Crippen molar-refractivity contribution < 1.29 is 9.90 Å². The third-order valence-corrected chi connectivity index (χ3v) is 5.67. The number of benzene rings is 1. The average molecular weight is 382 g/mol. The van der Waals surface area contributed by atoms with Crippen molar-refractivity contribution in [3.05, 3.63) is 52.7 Å². The van der Waals surface area contributed by atoms with Gasteiger partial charge in [0.15, 0.2) is 0 Å². The zero-order valence-corrected chi connectivity index (χ0v) is 17.3. The maximum atomic E-state index is 12.5. The van der Waals surface area contributed by atoms with Crippen molar-refractivity contribution >= 4 is 11.7 Å². The van der Waals surface area contributed by atoms with Crippen LogP contribution in [-0.2, 0) is 11.3 Å². The minimum absolute atomic E-state index is 0.0102. The number of phenolic OH excluding ortho intramolecular Hbond substituents is 1. The third-order valence-electron chi connectivity index (χ3n) is 5.67. The summed E-state index contributed by atoms with van der Waals surface area (Å²) in [5.41, 5.74) is 4.21. The SMILES string of the molecule is Cc1ccc(NC(=O)C2CCN(Cc3c(C)ccc(C(C)C)c3O)CC2)nc1. The number of aromatic hydroxyl groups is 1. The van der Waals surface area contributed by atoms with Gasteiger partial charge >= 0.3 is 0 Å². The standard InChI is InChI=1S/C23H31N3O2/c1-15(2)19-7-6-17(4)20(22(19)27)14-26-11-9-18(10-12-26)23(28)25-21-8-5-16(3)13-24-21/h5-8,13,15,18,27H,9-12,14H2,1-4H3,(H,24,25,28). The van der Waals surface area contributed by atoms with Gasteiger partial charge in [0.05, 0.1) is 0 Å². The molecule has 1 aliphatic rings. The number of pyridine rings is 1. The summed E-state index contributed by atoms with van der Waals surface area (Å²) in [5.74, 6) is 1.40.